The number of carbonyl (C=O) groups excluding carboxylic acids is 1. The molecule has 0 saturated heterocycles. The first-order valence-corrected chi connectivity index (χ1v) is 9.87. The van der Waals surface area contributed by atoms with Crippen molar-refractivity contribution in [3.8, 4) is 11.5 Å². The van der Waals surface area contributed by atoms with Gasteiger partial charge in [-0.2, -0.15) is 0 Å². The van der Waals surface area contributed by atoms with Gasteiger partial charge < -0.3 is 14.8 Å². The highest BCUT2D eigenvalue weighted by Gasteiger charge is 2.18. The van der Waals surface area contributed by atoms with Crippen LogP contribution in [0.3, 0.4) is 0 Å². The predicted octanol–water partition coefficient (Wildman–Crippen LogP) is 3.81. The molecule has 0 aromatic heterocycles. The Bertz CT molecular complexity index is 898. The average molecular weight is 418 g/mol. The molecule has 0 radical (unpaired) electrons. The predicted molar refractivity (Wildman–Crippen MR) is 101 cm³/mol. The van der Waals surface area contributed by atoms with Crippen molar-refractivity contribution in [3.05, 3.63) is 46.4 Å². The number of methoxy groups -OCH3 is 2. The fraction of sp³-hybridized carbons (Fsp3) is 0.235. The highest BCUT2D eigenvalue weighted by Crippen LogP contribution is 2.35. The molecule has 0 fully saturated rings. The Morgan fingerprint density at radius 2 is 1.65 bits per heavy atom. The number of rotatable bonds is 7. The van der Waals surface area contributed by atoms with E-state index >= 15 is 0 Å². The van der Waals surface area contributed by atoms with E-state index in [1.807, 2.05) is 0 Å². The van der Waals surface area contributed by atoms with Gasteiger partial charge in [0.2, 0.25) is 5.91 Å². The lowest BCUT2D eigenvalue weighted by Crippen LogP contribution is -2.18. The molecule has 0 aliphatic heterocycles. The molecule has 0 atom stereocenters. The molecular weight excluding hydrogens is 401 g/mol. The number of sulfone groups is 1. The Kier molecular flexibility index (Phi) is 6.75. The molecule has 9 heteroatoms. The molecular formula is C17H17Cl2NO5S. The van der Waals surface area contributed by atoms with Crippen molar-refractivity contribution in [1.29, 1.82) is 0 Å². The zero-order chi connectivity index (χ0) is 19.3. The van der Waals surface area contributed by atoms with Gasteiger partial charge in [0.1, 0.15) is 11.5 Å². The zero-order valence-electron chi connectivity index (χ0n) is 14.1. The van der Waals surface area contributed by atoms with Crippen molar-refractivity contribution >= 4 is 44.6 Å². The molecule has 140 valence electrons. The van der Waals surface area contributed by atoms with E-state index in [4.69, 9.17) is 32.7 Å². The van der Waals surface area contributed by atoms with Crippen LogP contribution in [0.2, 0.25) is 10.0 Å². The van der Waals surface area contributed by atoms with Gasteiger partial charge in [0.05, 0.1) is 35.6 Å². The SMILES string of the molecule is COc1cc(OC)c(NC(=O)CCS(=O)(=O)c2ccc(Cl)cc2)cc1Cl. The van der Waals surface area contributed by atoms with Gasteiger partial charge in [-0.1, -0.05) is 23.2 Å². The second-order valence-electron chi connectivity index (χ2n) is 5.26. The maximum Gasteiger partial charge on any atom is 0.225 e. The van der Waals surface area contributed by atoms with Crippen LogP contribution in [0.1, 0.15) is 6.42 Å². The van der Waals surface area contributed by atoms with Crippen LogP contribution in [0.15, 0.2) is 41.3 Å². The molecule has 1 amide bonds. The lowest BCUT2D eigenvalue weighted by atomic mass is 10.2. The molecule has 0 aliphatic rings. The van der Waals surface area contributed by atoms with Gasteiger partial charge >= 0.3 is 0 Å². The van der Waals surface area contributed by atoms with Crippen molar-refractivity contribution in [3.63, 3.8) is 0 Å². The van der Waals surface area contributed by atoms with Crippen molar-refractivity contribution in [2.24, 2.45) is 0 Å². The number of halogens is 2. The molecule has 26 heavy (non-hydrogen) atoms. The Labute approximate surface area is 161 Å². The first-order valence-electron chi connectivity index (χ1n) is 7.46. The Balaban J connectivity index is 2.07. The van der Waals surface area contributed by atoms with Crippen molar-refractivity contribution in [2.75, 3.05) is 25.3 Å². The summed E-state index contributed by atoms with van der Waals surface area (Å²) in [6.07, 6.45) is -0.224. The van der Waals surface area contributed by atoms with Gasteiger partial charge in [0, 0.05) is 17.5 Å². The quantitative estimate of drug-likeness (QED) is 0.740. The summed E-state index contributed by atoms with van der Waals surface area (Å²) >= 11 is 11.8. The highest BCUT2D eigenvalue weighted by molar-refractivity contribution is 7.91. The van der Waals surface area contributed by atoms with Gasteiger partial charge in [-0.05, 0) is 30.3 Å². The molecule has 6 nitrogen and oxygen atoms in total. The van der Waals surface area contributed by atoms with Crippen LogP contribution < -0.4 is 14.8 Å². The van der Waals surface area contributed by atoms with Crippen LogP contribution in [0, 0.1) is 0 Å². The topological polar surface area (TPSA) is 81.7 Å². The first-order chi connectivity index (χ1) is 12.3. The van der Waals surface area contributed by atoms with Gasteiger partial charge in [-0.25, -0.2) is 8.42 Å². The molecule has 0 unspecified atom stereocenters. The molecule has 0 saturated carbocycles. The van der Waals surface area contributed by atoms with E-state index in [2.05, 4.69) is 5.32 Å². The largest absolute Gasteiger partial charge is 0.495 e. The Hall–Kier alpha value is -1.96. The molecule has 2 aromatic rings. The van der Waals surface area contributed by atoms with Gasteiger partial charge in [-0.15, -0.1) is 0 Å². The molecule has 2 rings (SSSR count). The van der Waals surface area contributed by atoms with E-state index < -0.39 is 15.7 Å². The number of carbonyl (C=O) groups is 1. The summed E-state index contributed by atoms with van der Waals surface area (Å²) in [5.41, 5.74) is 0.326. The second-order valence-corrected chi connectivity index (χ2v) is 8.21. The normalized spacial score (nSPS) is 11.1. The summed E-state index contributed by atoms with van der Waals surface area (Å²) in [5.74, 6) is -0.0822. The minimum absolute atomic E-state index is 0.111. The van der Waals surface area contributed by atoms with Gasteiger partial charge in [-0.3, -0.25) is 4.79 Å². The number of ether oxygens (including phenoxy) is 2. The number of nitrogens with one attached hydrogen (secondary N) is 1. The molecule has 0 spiro atoms. The third kappa shape index (κ3) is 5.03. The van der Waals surface area contributed by atoms with Crippen LogP contribution in [0.4, 0.5) is 5.69 Å². The summed E-state index contributed by atoms with van der Waals surface area (Å²) < 4.78 is 34.8. The number of anilines is 1. The molecule has 0 heterocycles. The number of amides is 1. The average Bonchev–Trinajstić information content (AvgIpc) is 2.61. The summed E-state index contributed by atoms with van der Waals surface area (Å²) in [7, 11) is -0.703. The summed E-state index contributed by atoms with van der Waals surface area (Å²) in [4.78, 5) is 12.3. The molecule has 0 aliphatic carbocycles. The maximum atomic E-state index is 12.3. The van der Waals surface area contributed by atoms with Crippen LogP contribution in [-0.4, -0.2) is 34.3 Å². The van der Waals surface area contributed by atoms with E-state index in [0.29, 0.717) is 22.2 Å². The summed E-state index contributed by atoms with van der Waals surface area (Å²) in [6, 6.07) is 8.79. The van der Waals surface area contributed by atoms with E-state index in [1.54, 1.807) is 0 Å². The van der Waals surface area contributed by atoms with Crippen LogP contribution >= 0.6 is 23.2 Å². The zero-order valence-corrected chi connectivity index (χ0v) is 16.4. The summed E-state index contributed by atoms with van der Waals surface area (Å²) in [6.45, 7) is 0. The fourth-order valence-corrected chi connectivity index (χ4v) is 3.76. The maximum absolute atomic E-state index is 12.3. The lowest BCUT2D eigenvalue weighted by molar-refractivity contribution is -0.115. The number of hydrogen-bond donors (Lipinski definition) is 1. The van der Waals surface area contributed by atoms with Gasteiger partial charge in [0.15, 0.2) is 9.84 Å². The minimum atomic E-state index is -3.60. The monoisotopic (exact) mass is 417 g/mol. The summed E-state index contributed by atoms with van der Waals surface area (Å²) in [5, 5.41) is 3.32. The van der Waals surface area contributed by atoms with E-state index in [1.165, 1.54) is 50.6 Å². The van der Waals surface area contributed by atoms with E-state index in [9.17, 15) is 13.2 Å². The van der Waals surface area contributed by atoms with Gasteiger partial charge in [0.25, 0.3) is 0 Å². The van der Waals surface area contributed by atoms with Crippen LogP contribution in [0.5, 0.6) is 11.5 Å². The minimum Gasteiger partial charge on any atom is -0.495 e. The van der Waals surface area contributed by atoms with E-state index in [-0.39, 0.29) is 22.1 Å². The van der Waals surface area contributed by atoms with E-state index in [0.717, 1.165) is 0 Å². The second kappa shape index (κ2) is 8.62. The van der Waals surface area contributed by atoms with Crippen LogP contribution in [-0.2, 0) is 14.6 Å². The smallest absolute Gasteiger partial charge is 0.225 e. The Morgan fingerprint density at radius 1 is 1.04 bits per heavy atom. The third-order valence-electron chi connectivity index (χ3n) is 3.52. The highest BCUT2D eigenvalue weighted by atomic mass is 35.5. The molecule has 0 bridgehead atoms. The standard InChI is InChI=1S/C17H17Cl2NO5S/c1-24-15-10-16(25-2)14(9-13(15)19)20-17(21)7-8-26(22,23)12-5-3-11(18)4-6-12/h3-6,9-10H,7-8H2,1-2H3,(H,20,21). The third-order valence-corrected chi connectivity index (χ3v) is 5.80. The lowest BCUT2D eigenvalue weighted by Gasteiger charge is -2.13. The van der Waals surface area contributed by atoms with Crippen molar-refractivity contribution in [2.45, 2.75) is 11.3 Å². The Morgan fingerprint density at radius 3 is 2.23 bits per heavy atom. The van der Waals surface area contributed by atoms with Crippen molar-refractivity contribution < 1.29 is 22.7 Å². The number of hydrogen-bond acceptors (Lipinski definition) is 5. The first kappa shape index (κ1) is 20.4. The fourth-order valence-electron chi connectivity index (χ4n) is 2.16. The molecule has 2 aromatic carbocycles. The van der Waals surface area contributed by atoms with Crippen molar-refractivity contribution in [1.82, 2.24) is 0 Å². The number of benzene rings is 2. The molecule has 1 N–H and O–H groups in total. The van der Waals surface area contributed by atoms with Crippen LogP contribution in [0.25, 0.3) is 0 Å².